The zero-order valence-corrected chi connectivity index (χ0v) is 7.82. The number of carbonyl (C=O) groups is 1. The molecule has 0 unspecified atom stereocenters. The quantitative estimate of drug-likeness (QED) is 0.604. The lowest BCUT2D eigenvalue weighted by atomic mass is 9.96. The van der Waals surface area contributed by atoms with Crippen LogP contribution in [-0.2, 0) is 4.79 Å². The number of hydrogen-bond acceptors (Lipinski definition) is 1. The first-order chi connectivity index (χ1) is 4.84. The van der Waals surface area contributed by atoms with Crippen molar-refractivity contribution in [3.05, 3.63) is 12.2 Å². The molecule has 0 rings (SSSR count). The summed E-state index contributed by atoms with van der Waals surface area (Å²) >= 11 is 0. The van der Waals surface area contributed by atoms with Gasteiger partial charge in [-0.1, -0.05) is 32.9 Å². The van der Waals surface area contributed by atoms with E-state index in [1.807, 2.05) is 27.7 Å². The van der Waals surface area contributed by atoms with Crippen LogP contribution in [0.3, 0.4) is 0 Å². The zero-order valence-electron chi connectivity index (χ0n) is 7.82. The van der Waals surface area contributed by atoms with Crippen LogP contribution >= 0.6 is 0 Å². The van der Waals surface area contributed by atoms with Gasteiger partial charge in [-0.05, 0) is 6.92 Å². The lowest BCUT2D eigenvalue weighted by Gasteiger charge is -2.17. The molecule has 0 saturated heterocycles. The molecule has 0 bridgehead atoms. The average molecular weight is 155 g/mol. The van der Waals surface area contributed by atoms with Gasteiger partial charge in [-0.3, -0.25) is 4.79 Å². The minimum absolute atomic E-state index is 0.0699. The first-order valence-corrected chi connectivity index (χ1v) is 3.76. The summed E-state index contributed by atoms with van der Waals surface area (Å²) < 4.78 is 0. The maximum absolute atomic E-state index is 11.2. The van der Waals surface area contributed by atoms with Gasteiger partial charge in [-0.2, -0.15) is 0 Å². The molecule has 2 heteroatoms. The minimum Gasteiger partial charge on any atom is -0.352 e. The molecule has 0 heterocycles. The fourth-order valence-corrected chi connectivity index (χ4v) is 0.496. The summed E-state index contributed by atoms with van der Waals surface area (Å²) in [6.07, 6.45) is 0. The largest absolute Gasteiger partial charge is 0.352 e. The summed E-state index contributed by atoms with van der Waals surface area (Å²) in [5, 5.41) is 2.78. The Morgan fingerprint density at radius 3 is 2.18 bits per heavy atom. The summed E-state index contributed by atoms with van der Waals surface area (Å²) in [5.41, 5.74) is 0.678. The first kappa shape index (κ1) is 10.2. The summed E-state index contributed by atoms with van der Waals surface area (Å²) in [7, 11) is 0. The maximum Gasteiger partial charge on any atom is 0.225 e. The lowest BCUT2D eigenvalue weighted by molar-refractivity contribution is -0.128. The van der Waals surface area contributed by atoms with Crippen LogP contribution in [0.4, 0.5) is 0 Å². The molecule has 0 aliphatic heterocycles. The molecule has 0 atom stereocenters. The molecular formula is C9H17NO. The highest BCUT2D eigenvalue weighted by Gasteiger charge is 2.19. The molecule has 64 valence electrons. The third kappa shape index (κ3) is 4.59. The van der Waals surface area contributed by atoms with E-state index >= 15 is 0 Å². The molecule has 1 N–H and O–H groups in total. The molecule has 0 radical (unpaired) electrons. The van der Waals surface area contributed by atoms with Gasteiger partial charge >= 0.3 is 0 Å². The van der Waals surface area contributed by atoms with Gasteiger partial charge < -0.3 is 5.32 Å². The number of nitrogens with one attached hydrogen (secondary N) is 1. The molecular weight excluding hydrogens is 138 g/mol. The highest BCUT2D eigenvalue weighted by atomic mass is 16.2. The Hall–Kier alpha value is -0.790. The van der Waals surface area contributed by atoms with Gasteiger partial charge in [-0.15, -0.1) is 0 Å². The molecule has 0 aliphatic carbocycles. The van der Waals surface area contributed by atoms with E-state index in [9.17, 15) is 4.79 Å². The summed E-state index contributed by atoms with van der Waals surface area (Å²) in [5.74, 6) is 0.0699. The van der Waals surface area contributed by atoms with E-state index in [1.54, 1.807) is 0 Å². The zero-order chi connectivity index (χ0) is 9.07. The normalized spacial score (nSPS) is 10.9. The van der Waals surface area contributed by atoms with Gasteiger partial charge in [0.2, 0.25) is 5.91 Å². The summed E-state index contributed by atoms with van der Waals surface area (Å²) in [4.78, 5) is 11.2. The van der Waals surface area contributed by atoms with Gasteiger partial charge in [0.25, 0.3) is 0 Å². The van der Waals surface area contributed by atoms with Crippen LogP contribution in [0.5, 0.6) is 0 Å². The second-order valence-electron chi connectivity index (χ2n) is 3.89. The Kier molecular flexibility index (Phi) is 3.30. The second kappa shape index (κ2) is 3.56. The van der Waals surface area contributed by atoms with Crippen molar-refractivity contribution < 1.29 is 4.79 Å². The standard InChI is InChI=1S/C9H17NO/c1-7(2)6-10-8(11)9(3,4)5/h1,6H2,2-5H3,(H,10,11). The fourth-order valence-electron chi connectivity index (χ4n) is 0.496. The monoisotopic (exact) mass is 155 g/mol. The smallest absolute Gasteiger partial charge is 0.225 e. The van der Waals surface area contributed by atoms with E-state index in [4.69, 9.17) is 0 Å². The van der Waals surface area contributed by atoms with E-state index in [2.05, 4.69) is 11.9 Å². The topological polar surface area (TPSA) is 29.1 Å². The van der Waals surface area contributed by atoms with E-state index in [-0.39, 0.29) is 11.3 Å². The van der Waals surface area contributed by atoms with Crippen molar-refractivity contribution in [2.45, 2.75) is 27.7 Å². The van der Waals surface area contributed by atoms with Crippen LogP contribution in [0, 0.1) is 5.41 Å². The first-order valence-electron chi connectivity index (χ1n) is 3.76. The third-order valence-electron chi connectivity index (χ3n) is 1.23. The third-order valence-corrected chi connectivity index (χ3v) is 1.23. The van der Waals surface area contributed by atoms with Crippen LogP contribution in [0.1, 0.15) is 27.7 Å². The Morgan fingerprint density at radius 2 is 1.91 bits per heavy atom. The minimum atomic E-state index is -0.296. The van der Waals surface area contributed by atoms with Crippen LogP contribution in [0.2, 0.25) is 0 Å². The Labute approximate surface area is 68.7 Å². The van der Waals surface area contributed by atoms with Gasteiger partial charge in [0.05, 0.1) is 0 Å². The number of carbonyl (C=O) groups excluding carboxylic acids is 1. The molecule has 0 aromatic rings. The van der Waals surface area contributed by atoms with E-state index < -0.39 is 0 Å². The Balaban J connectivity index is 3.80. The van der Waals surface area contributed by atoms with Gasteiger partial charge in [0.15, 0.2) is 0 Å². The summed E-state index contributed by atoms with van der Waals surface area (Å²) in [6.45, 7) is 11.8. The molecule has 0 aliphatic rings. The number of rotatable bonds is 2. The molecule has 2 nitrogen and oxygen atoms in total. The molecule has 0 aromatic carbocycles. The Bertz CT molecular complexity index is 165. The summed E-state index contributed by atoms with van der Waals surface area (Å²) in [6, 6.07) is 0. The van der Waals surface area contributed by atoms with Crippen molar-refractivity contribution in [1.82, 2.24) is 5.32 Å². The van der Waals surface area contributed by atoms with E-state index in [0.717, 1.165) is 5.57 Å². The van der Waals surface area contributed by atoms with Crippen molar-refractivity contribution in [1.29, 1.82) is 0 Å². The van der Waals surface area contributed by atoms with Crippen LogP contribution in [0.15, 0.2) is 12.2 Å². The van der Waals surface area contributed by atoms with Crippen molar-refractivity contribution in [3.8, 4) is 0 Å². The van der Waals surface area contributed by atoms with Crippen LogP contribution < -0.4 is 5.32 Å². The van der Waals surface area contributed by atoms with E-state index in [0.29, 0.717) is 6.54 Å². The number of hydrogen-bond donors (Lipinski definition) is 1. The average Bonchev–Trinajstić information content (AvgIpc) is 1.80. The molecule has 0 spiro atoms. The van der Waals surface area contributed by atoms with Gasteiger partial charge in [0.1, 0.15) is 0 Å². The Morgan fingerprint density at radius 1 is 1.45 bits per heavy atom. The molecule has 1 amide bonds. The lowest BCUT2D eigenvalue weighted by Crippen LogP contribution is -2.35. The molecule has 0 saturated carbocycles. The van der Waals surface area contributed by atoms with Crippen LogP contribution in [0.25, 0.3) is 0 Å². The second-order valence-corrected chi connectivity index (χ2v) is 3.89. The van der Waals surface area contributed by atoms with Crippen molar-refractivity contribution in [2.24, 2.45) is 5.41 Å². The van der Waals surface area contributed by atoms with Crippen molar-refractivity contribution in [3.63, 3.8) is 0 Å². The van der Waals surface area contributed by atoms with Gasteiger partial charge in [0, 0.05) is 12.0 Å². The highest BCUT2D eigenvalue weighted by molar-refractivity contribution is 5.81. The fraction of sp³-hybridized carbons (Fsp3) is 0.667. The predicted octanol–water partition coefficient (Wildman–Crippen LogP) is 1.72. The van der Waals surface area contributed by atoms with Crippen molar-refractivity contribution >= 4 is 5.91 Å². The molecule has 11 heavy (non-hydrogen) atoms. The molecule has 0 aromatic heterocycles. The SMILES string of the molecule is C=C(C)CNC(=O)C(C)(C)C. The number of amides is 1. The van der Waals surface area contributed by atoms with Gasteiger partial charge in [-0.25, -0.2) is 0 Å². The highest BCUT2D eigenvalue weighted by Crippen LogP contribution is 2.12. The van der Waals surface area contributed by atoms with Crippen molar-refractivity contribution in [2.75, 3.05) is 6.54 Å². The molecule has 0 fully saturated rings. The predicted molar refractivity (Wildman–Crippen MR) is 47.3 cm³/mol. The van der Waals surface area contributed by atoms with E-state index in [1.165, 1.54) is 0 Å². The maximum atomic E-state index is 11.2. The van der Waals surface area contributed by atoms with Crippen LogP contribution in [-0.4, -0.2) is 12.5 Å².